The Labute approximate surface area is 128 Å². The van der Waals surface area contributed by atoms with Crippen molar-refractivity contribution in [2.75, 3.05) is 0 Å². The number of hydrogen-bond acceptors (Lipinski definition) is 1. The van der Waals surface area contributed by atoms with Gasteiger partial charge in [-0.25, -0.2) is 4.39 Å². The molecule has 0 radical (unpaired) electrons. The molecule has 2 aromatic rings. The van der Waals surface area contributed by atoms with Crippen LogP contribution in [0.15, 0.2) is 40.9 Å². The van der Waals surface area contributed by atoms with Gasteiger partial charge < -0.3 is 5.73 Å². The van der Waals surface area contributed by atoms with E-state index >= 15 is 0 Å². The maximum Gasteiger partial charge on any atom is 0.137 e. The van der Waals surface area contributed by atoms with Crippen molar-refractivity contribution in [3.8, 4) is 0 Å². The van der Waals surface area contributed by atoms with Crippen molar-refractivity contribution in [3.05, 3.63) is 68.9 Å². The lowest BCUT2D eigenvalue weighted by Gasteiger charge is -2.19. The normalized spacial score (nSPS) is 12.4. The Morgan fingerprint density at radius 2 is 1.85 bits per heavy atom. The summed E-state index contributed by atoms with van der Waals surface area (Å²) in [4.78, 5) is 0. The molecule has 0 spiro atoms. The van der Waals surface area contributed by atoms with Gasteiger partial charge >= 0.3 is 0 Å². The van der Waals surface area contributed by atoms with Gasteiger partial charge in [0.15, 0.2) is 0 Å². The largest absolute Gasteiger partial charge is 0.320 e. The Morgan fingerprint density at radius 3 is 2.50 bits per heavy atom. The summed E-state index contributed by atoms with van der Waals surface area (Å²) in [5.74, 6) is -0.275. The summed E-state index contributed by atoms with van der Waals surface area (Å²) in [5.41, 5.74) is 10.7. The predicted molar refractivity (Wildman–Crippen MR) is 85.3 cm³/mol. The third-order valence-corrected chi connectivity index (χ3v) is 4.49. The highest BCUT2D eigenvalue weighted by Crippen LogP contribution is 2.31. The molecule has 20 heavy (non-hydrogen) atoms. The van der Waals surface area contributed by atoms with Crippen molar-refractivity contribution < 1.29 is 4.39 Å². The second kappa shape index (κ2) is 6.51. The summed E-state index contributed by atoms with van der Waals surface area (Å²) in [5, 5.41) is 0. The summed E-state index contributed by atoms with van der Waals surface area (Å²) in [6, 6.07) is 11.1. The average Bonchev–Trinajstić information content (AvgIpc) is 2.48. The van der Waals surface area contributed by atoms with Crippen molar-refractivity contribution in [3.63, 3.8) is 0 Å². The van der Waals surface area contributed by atoms with Crippen LogP contribution in [0.2, 0.25) is 0 Å². The van der Waals surface area contributed by atoms with E-state index in [-0.39, 0.29) is 11.9 Å². The van der Waals surface area contributed by atoms with Crippen molar-refractivity contribution in [2.24, 2.45) is 5.73 Å². The summed E-state index contributed by atoms with van der Waals surface area (Å²) in [6.45, 7) is 4.23. The van der Waals surface area contributed by atoms with Crippen LogP contribution in [0.5, 0.6) is 0 Å². The first-order chi connectivity index (χ1) is 9.58. The second-order valence-corrected chi connectivity index (χ2v) is 5.65. The van der Waals surface area contributed by atoms with Crippen molar-refractivity contribution in [1.29, 1.82) is 0 Å². The highest BCUT2D eigenvalue weighted by atomic mass is 79.9. The molecule has 0 aliphatic heterocycles. The number of aryl methyl sites for hydroxylation is 2. The van der Waals surface area contributed by atoms with Gasteiger partial charge in [-0.15, -0.1) is 0 Å². The fourth-order valence-corrected chi connectivity index (χ4v) is 2.91. The van der Waals surface area contributed by atoms with Crippen LogP contribution in [-0.4, -0.2) is 0 Å². The van der Waals surface area contributed by atoms with Crippen LogP contribution in [0.4, 0.5) is 4.39 Å². The standard InChI is InChI=1S/C17H19BrFN/c1-3-11-8-9-12(4-2)14(10-11)17(20)13-6-5-7-15(19)16(13)18/h5-10,17H,3-4,20H2,1-2H3. The monoisotopic (exact) mass is 335 g/mol. The van der Waals surface area contributed by atoms with Gasteiger partial charge in [-0.2, -0.15) is 0 Å². The van der Waals surface area contributed by atoms with Gasteiger partial charge in [0, 0.05) is 0 Å². The van der Waals surface area contributed by atoms with Crippen LogP contribution in [0.3, 0.4) is 0 Å². The molecular formula is C17H19BrFN. The van der Waals surface area contributed by atoms with Crippen molar-refractivity contribution in [2.45, 2.75) is 32.7 Å². The Balaban J connectivity index is 2.51. The first-order valence-corrected chi connectivity index (χ1v) is 7.69. The zero-order valence-corrected chi connectivity index (χ0v) is 13.4. The molecule has 0 amide bonds. The minimum Gasteiger partial charge on any atom is -0.320 e. The average molecular weight is 336 g/mol. The van der Waals surface area contributed by atoms with E-state index in [4.69, 9.17) is 5.73 Å². The highest BCUT2D eigenvalue weighted by Gasteiger charge is 2.17. The molecule has 3 heteroatoms. The molecule has 0 aromatic heterocycles. The Bertz CT molecular complexity index is 610. The molecule has 0 fully saturated rings. The number of halogens is 2. The topological polar surface area (TPSA) is 26.0 Å². The SMILES string of the molecule is CCc1ccc(CC)c(C(N)c2cccc(F)c2Br)c1. The van der Waals surface area contributed by atoms with Crippen LogP contribution >= 0.6 is 15.9 Å². The molecule has 0 saturated carbocycles. The Morgan fingerprint density at radius 1 is 1.10 bits per heavy atom. The molecule has 0 saturated heterocycles. The first kappa shape index (κ1) is 15.2. The maximum atomic E-state index is 13.7. The summed E-state index contributed by atoms with van der Waals surface area (Å²) < 4.78 is 14.1. The lowest BCUT2D eigenvalue weighted by molar-refractivity contribution is 0.615. The van der Waals surface area contributed by atoms with Crippen LogP contribution in [0, 0.1) is 5.82 Å². The molecule has 0 heterocycles. The van der Waals surface area contributed by atoms with E-state index in [2.05, 4.69) is 48.0 Å². The van der Waals surface area contributed by atoms with Crippen molar-refractivity contribution >= 4 is 15.9 Å². The molecule has 2 N–H and O–H groups in total. The van der Waals surface area contributed by atoms with E-state index < -0.39 is 0 Å². The molecule has 106 valence electrons. The first-order valence-electron chi connectivity index (χ1n) is 6.89. The smallest absolute Gasteiger partial charge is 0.137 e. The minimum atomic E-state index is -0.318. The lowest BCUT2D eigenvalue weighted by Crippen LogP contribution is -2.15. The maximum absolute atomic E-state index is 13.7. The Kier molecular flexibility index (Phi) is 4.95. The molecule has 1 nitrogen and oxygen atoms in total. The molecule has 1 unspecified atom stereocenters. The van der Waals surface area contributed by atoms with Gasteiger partial charge in [-0.3, -0.25) is 0 Å². The third-order valence-electron chi connectivity index (χ3n) is 3.65. The fourth-order valence-electron chi connectivity index (χ4n) is 2.40. The van der Waals surface area contributed by atoms with Gasteiger partial charge in [0.2, 0.25) is 0 Å². The summed E-state index contributed by atoms with van der Waals surface area (Å²) >= 11 is 3.31. The van der Waals surface area contributed by atoms with Crippen molar-refractivity contribution in [1.82, 2.24) is 0 Å². The second-order valence-electron chi connectivity index (χ2n) is 4.86. The van der Waals surface area contributed by atoms with Gasteiger partial charge in [0.1, 0.15) is 5.82 Å². The van der Waals surface area contributed by atoms with E-state index in [0.29, 0.717) is 4.47 Å². The molecule has 0 bridgehead atoms. The van der Waals surface area contributed by atoms with Crippen LogP contribution in [0.1, 0.15) is 42.1 Å². The zero-order chi connectivity index (χ0) is 14.7. The summed E-state index contributed by atoms with van der Waals surface area (Å²) in [7, 11) is 0. The molecule has 0 aliphatic rings. The number of benzene rings is 2. The van der Waals surface area contributed by atoms with Crippen LogP contribution in [0.25, 0.3) is 0 Å². The van der Waals surface area contributed by atoms with Gasteiger partial charge in [0.25, 0.3) is 0 Å². The number of hydrogen-bond donors (Lipinski definition) is 1. The number of nitrogens with two attached hydrogens (primary N) is 1. The van der Waals surface area contributed by atoms with E-state index in [1.165, 1.54) is 17.2 Å². The lowest BCUT2D eigenvalue weighted by atomic mass is 9.92. The highest BCUT2D eigenvalue weighted by molar-refractivity contribution is 9.10. The molecule has 0 aliphatic carbocycles. The zero-order valence-electron chi connectivity index (χ0n) is 11.8. The molecule has 2 rings (SSSR count). The molecule has 1 atom stereocenters. The van der Waals surface area contributed by atoms with Gasteiger partial charge in [0.05, 0.1) is 10.5 Å². The quantitative estimate of drug-likeness (QED) is 0.856. The predicted octanol–water partition coefficient (Wildman–Crippen LogP) is 4.76. The minimum absolute atomic E-state index is 0.275. The Hall–Kier alpha value is -1.19. The summed E-state index contributed by atoms with van der Waals surface area (Å²) in [6.07, 6.45) is 1.88. The van der Waals surface area contributed by atoms with Gasteiger partial charge in [-0.1, -0.05) is 44.2 Å². The molecule has 2 aromatic carbocycles. The van der Waals surface area contributed by atoms with Crippen LogP contribution < -0.4 is 5.73 Å². The van der Waals surface area contributed by atoms with Crippen LogP contribution in [-0.2, 0) is 12.8 Å². The number of rotatable bonds is 4. The van der Waals surface area contributed by atoms with E-state index in [1.807, 2.05) is 6.07 Å². The van der Waals surface area contributed by atoms with E-state index in [1.54, 1.807) is 6.07 Å². The van der Waals surface area contributed by atoms with E-state index in [0.717, 1.165) is 24.0 Å². The van der Waals surface area contributed by atoms with Gasteiger partial charge in [-0.05, 0) is 57.1 Å². The van der Waals surface area contributed by atoms with E-state index in [9.17, 15) is 4.39 Å². The fraction of sp³-hybridized carbons (Fsp3) is 0.294. The third kappa shape index (κ3) is 2.94. The molecular weight excluding hydrogens is 317 g/mol.